The topological polar surface area (TPSA) is 80.0 Å². The smallest absolute Gasteiger partial charge is 0.254 e. The van der Waals surface area contributed by atoms with E-state index in [1.807, 2.05) is 29.2 Å². The van der Waals surface area contributed by atoms with Gasteiger partial charge in [-0.2, -0.15) is 0 Å². The molecule has 0 unspecified atom stereocenters. The summed E-state index contributed by atoms with van der Waals surface area (Å²) in [5.74, 6) is 0.920. The quantitative estimate of drug-likeness (QED) is 0.375. The number of rotatable bonds is 5. The summed E-state index contributed by atoms with van der Waals surface area (Å²) < 4.78 is 5.11. The van der Waals surface area contributed by atoms with E-state index in [4.69, 9.17) is 22.1 Å². The monoisotopic (exact) mass is 500 g/mol. The van der Waals surface area contributed by atoms with Gasteiger partial charge in [0.2, 0.25) is 0 Å². The van der Waals surface area contributed by atoms with E-state index in [-0.39, 0.29) is 35.8 Å². The fourth-order valence-corrected chi connectivity index (χ4v) is 3.17. The maximum absolute atomic E-state index is 12.5. The molecule has 6 nitrogen and oxygen atoms in total. The van der Waals surface area contributed by atoms with Gasteiger partial charge in [0.15, 0.2) is 5.96 Å². The molecule has 0 radical (unpaired) electrons. The zero-order valence-corrected chi connectivity index (χ0v) is 18.0. The van der Waals surface area contributed by atoms with E-state index in [1.54, 1.807) is 25.3 Å². The minimum Gasteiger partial charge on any atom is -0.495 e. The Morgan fingerprint density at radius 1 is 1.33 bits per heavy atom. The normalized spacial score (nSPS) is 13.6. The summed E-state index contributed by atoms with van der Waals surface area (Å²) in [5.41, 5.74) is 8.52. The predicted molar refractivity (Wildman–Crippen MR) is 120 cm³/mol. The Labute approximate surface area is 180 Å². The van der Waals surface area contributed by atoms with Gasteiger partial charge in [-0.3, -0.25) is 9.79 Å². The Hall–Kier alpha value is -2.00. The highest BCUT2D eigenvalue weighted by atomic mass is 127. The number of fused-ring (bicyclic) bond motifs is 1. The largest absolute Gasteiger partial charge is 0.495 e. The Balaban J connectivity index is 0.00000261. The number of methoxy groups -OCH3 is 1. The van der Waals surface area contributed by atoms with Crippen molar-refractivity contribution in [3.63, 3.8) is 0 Å². The van der Waals surface area contributed by atoms with Gasteiger partial charge in [0.1, 0.15) is 5.75 Å². The van der Waals surface area contributed by atoms with Crippen molar-refractivity contribution in [2.45, 2.75) is 6.42 Å². The van der Waals surface area contributed by atoms with Gasteiger partial charge < -0.3 is 20.7 Å². The van der Waals surface area contributed by atoms with Gasteiger partial charge in [0, 0.05) is 24.3 Å². The summed E-state index contributed by atoms with van der Waals surface area (Å²) in [4.78, 5) is 18.6. The number of amides is 1. The Morgan fingerprint density at radius 3 is 2.85 bits per heavy atom. The van der Waals surface area contributed by atoms with Crippen molar-refractivity contribution in [1.82, 2.24) is 4.90 Å². The number of anilines is 1. The van der Waals surface area contributed by atoms with Crippen molar-refractivity contribution in [1.29, 1.82) is 0 Å². The maximum atomic E-state index is 12.5. The van der Waals surface area contributed by atoms with Crippen molar-refractivity contribution < 1.29 is 9.53 Å². The average molecular weight is 501 g/mol. The molecule has 1 aliphatic rings. The lowest BCUT2D eigenvalue weighted by Crippen LogP contribution is -2.39. The van der Waals surface area contributed by atoms with Crippen LogP contribution in [0.15, 0.2) is 47.5 Å². The van der Waals surface area contributed by atoms with Crippen LogP contribution in [0.3, 0.4) is 0 Å². The third-order valence-corrected chi connectivity index (χ3v) is 4.56. The standard InChI is InChI=1S/C19H21ClN4O2.HI/c1-26-17-7-6-14(12-16(17)20)23-19(21)22-9-11-24-10-8-13-4-2-3-5-15(13)18(24)25;/h2-7,12H,8-11H2,1H3,(H3,21,22,23);1H. The minimum atomic E-state index is 0. The first-order valence-electron chi connectivity index (χ1n) is 8.36. The van der Waals surface area contributed by atoms with Gasteiger partial charge in [-0.15, -0.1) is 24.0 Å². The molecule has 0 bridgehead atoms. The number of hydrogen-bond donors (Lipinski definition) is 2. The number of ether oxygens (including phenoxy) is 1. The van der Waals surface area contributed by atoms with Crippen LogP contribution in [0.2, 0.25) is 5.02 Å². The second-order valence-electron chi connectivity index (χ2n) is 5.94. The van der Waals surface area contributed by atoms with Gasteiger partial charge in [0.05, 0.1) is 18.7 Å². The molecule has 0 aromatic heterocycles. The number of benzene rings is 2. The molecule has 0 saturated carbocycles. The van der Waals surface area contributed by atoms with E-state index in [9.17, 15) is 4.79 Å². The van der Waals surface area contributed by atoms with Crippen LogP contribution in [0.1, 0.15) is 15.9 Å². The van der Waals surface area contributed by atoms with Crippen LogP contribution in [0.4, 0.5) is 5.69 Å². The van der Waals surface area contributed by atoms with E-state index in [0.717, 1.165) is 23.2 Å². The van der Waals surface area contributed by atoms with Gasteiger partial charge in [-0.1, -0.05) is 29.8 Å². The molecule has 2 aromatic carbocycles. The molecule has 3 N–H and O–H groups in total. The fourth-order valence-electron chi connectivity index (χ4n) is 2.91. The lowest BCUT2D eigenvalue weighted by molar-refractivity contribution is 0.0745. The molecule has 3 rings (SSSR count). The molecule has 27 heavy (non-hydrogen) atoms. The number of nitrogens with one attached hydrogen (secondary N) is 1. The fraction of sp³-hybridized carbons (Fsp3) is 0.263. The molecule has 0 fully saturated rings. The molecule has 0 aliphatic carbocycles. The van der Waals surface area contributed by atoms with E-state index in [0.29, 0.717) is 30.4 Å². The van der Waals surface area contributed by atoms with Crippen LogP contribution >= 0.6 is 35.6 Å². The first-order valence-corrected chi connectivity index (χ1v) is 8.74. The number of nitrogens with two attached hydrogens (primary N) is 1. The van der Waals surface area contributed by atoms with Crippen LogP contribution in [0.25, 0.3) is 0 Å². The molecule has 1 aliphatic heterocycles. The highest BCUT2D eigenvalue weighted by Gasteiger charge is 2.23. The van der Waals surface area contributed by atoms with Gasteiger partial charge in [0.25, 0.3) is 5.91 Å². The number of guanidine groups is 1. The van der Waals surface area contributed by atoms with Crippen molar-refractivity contribution in [3.05, 3.63) is 58.6 Å². The molecule has 1 amide bonds. The average Bonchev–Trinajstić information content (AvgIpc) is 2.64. The third-order valence-electron chi connectivity index (χ3n) is 4.26. The predicted octanol–water partition coefficient (Wildman–Crippen LogP) is 3.39. The van der Waals surface area contributed by atoms with Crippen molar-refractivity contribution in [2.24, 2.45) is 10.7 Å². The van der Waals surface area contributed by atoms with Gasteiger partial charge in [-0.25, -0.2) is 0 Å². The van der Waals surface area contributed by atoms with Gasteiger partial charge in [-0.05, 0) is 36.2 Å². The summed E-state index contributed by atoms with van der Waals surface area (Å²) in [6, 6.07) is 13.0. The SMILES string of the molecule is COc1ccc(NC(N)=NCCN2CCc3ccccc3C2=O)cc1Cl.I. The zero-order valence-electron chi connectivity index (χ0n) is 14.9. The molecule has 144 valence electrons. The number of hydrogen-bond acceptors (Lipinski definition) is 3. The first kappa shape index (κ1) is 21.3. The van der Waals surface area contributed by atoms with Crippen molar-refractivity contribution in [3.8, 4) is 5.75 Å². The minimum absolute atomic E-state index is 0. The Morgan fingerprint density at radius 2 is 2.11 bits per heavy atom. The summed E-state index contributed by atoms with van der Waals surface area (Å²) in [6.07, 6.45) is 0.865. The lowest BCUT2D eigenvalue weighted by atomic mass is 9.99. The Bertz CT molecular complexity index is 844. The van der Waals surface area contributed by atoms with Crippen LogP contribution in [-0.2, 0) is 6.42 Å². The van der Waals surface area contributed by atoms with Crippen molar-refractivity contribution >= 4 is 53.1 Å². The zero-order chi connectivity index (χ0) is 18.5. The second kappa shape index (κ2) is 9.80. The molecule has 2 aromatic rings. The Kier molecular flexibility index (Phi) is 7.73. The molecule has 8 heteroatoms. The van der Waals surface area contributed by atoms with Crippen LogP contribution in [0, 0.1) is 0 Å². The summed E-state index contributed by atoms with van der Waals surface area (Å²) >= 11 is 6.09. The summed E-state index contributed by atoms with van der Waals surface area (Å²) in [6.45, 7) is 1.66. The molecule has 1 heterocycles. The van der Waals surface area contributed by atoms with Gasteiger partial charge >= 0.3 is 0 Å². The molecule has 0 spiro atoms. The number of carbonyl (C=O) groups excluding carboxylic acids is 1. The number of carbonyl (C=O) groups is 1. The molecule has 0 saturated heterocycles. The molecular formula is C19H22ClIN4O2. The van der Waals surface area contributed by atoms with E-state index >= 15 is 0 Å². The number of aliphatic imine (C=N–C) groups is 1. The van der Waals surface area contributed by atoms with Crippen LogP contribution in [-0.4, -0.2) is 43.5 Å². The summed E-state index contributed by atoms with van der Waals surface area (Å²) in [5, 5.41) is 3.47. The number of halogens is 2. The second-order valence-corrected chi connectivity index (χ2v) is 6.35. The summed E-state index contributed by atoms with van der Waals surface area (Å²) in [7, 11) is 1.56. The third kappa shape index (κ3) is 5.26. The van der Waals surface area contributed by atoms with Crippen LogP contribution in [0.5, 0.6) is 5.75 Å². The van der Waals surface area contributed by atoms with E-state index in [1.165, 1.54) is 0 Å². The highest BCUT2D eigenvalue weighted by Crippen LogP contribution is 2.27. The van der Waals surface area contributed by atoms with E-state index < -0.39 is 0 Å². The molecule has 0 atom stereocenters. The van der Waals surface area contributed by atoms with Crippen molar-refractivity contribution in [2.75, 3.05) is 32.1 Å². The number of nitrogens with zero attached hydrogens (tertiary/aromatic N) is 2. The lowest BCUT2D eigenvalue weighted by Gasteiger charge is -2.28. The van der Waals surface area contributed by atoms with Crippen LogP contribution < -0.4 is 15.8 Å². The molecular weight excluding hydrogens is 479 g/mol. The first-order chi connectivity index (χ1) is 12.6. The van der Waals surface area contributed by atoms with E-state index in [2.05, 4.69) is 10.3 Å². The maximum Gasteiger partial charge on any atom is 0.254 e. The highest BCUT2D eigenvalue weighted by molar-refractivity contribution is 14.0.